The Hall–Kier alpha value is -1.69. The first kappa shape index (κ1) is 29.5. The summed E-state index contributed by atoms with van der Waals surface area (Å²) in [6.07, 6.45) is 14.0. The van der Waals surface area contributed by atoms with Crippen molar-refractivity contribution in [1.29, 1.82) is 0 Å². The van der Waals surface area contributed by atoms with Crippen LogP contribution in [0, 0.1) is 11.8 Å². The second kappa shape index (κ2) is 13.6. The van der Waals surface area contributed by atoms with Crippen molar-refractivity contribution in [2.75, 3.05) is 13.1 Å². The number of thiophene rings is 1. The maximum atomic E-state index is 13.1. The van der Waals surface area contributed by atoms with Crippen molar-refractivity contribution in [1.82, 2.24) is 4.90 Å². The van der Waals surface area contributed by atoms with E-state index in [9.17, 15) is 9.59 Å². The predicted molar refractivity (Wildman–Crippen MR) is 144 cm³/mol. The predicted octanol–water partition coefficient (Wildman–Crippen LogP) is 8.53. The summed E-state index contributed by atoms with van der Waals surface area (Å²) in [7, 11) is 0. The van der Waals surface area contributed by atoms with Gasteiger partial charge >= 0.3 is 6.09 Å². The van der Waals surface area contributed by atoms with Crippen LogP contribution in [0.1, 0.15) is 120 Å². The molecule has 3 aliphatic rings. The summed E-state index contributed by atoms with van der Waals surface area (Å²) in [5.74, 6) is 2.07. The zero-order valence-corrected chi connectivity index (χ0v) is 23.3. The molecule has 0 aromatic carbocycles. The van der Waals surface area contributed by atoms with Crippen molar-refractivity contribution in [2.45, 2.75) is 110 Å². The van der Waals surface area contributed by atoms with E-state index < -0.39 is 5.60 Å². The second-order valence-corrected chi connectivity index (χ2v) is 11.9. The fraction of sp³-hybridized carbons (Fsp3) is 0.724. The molecule has 0 bridgehead atoms. The van der Waals surface area contributed by atoms with Crippen molar-refractivity contribution in [3.05, 3.63) is 33.5 Å². The number of allylic oxidation sites excluding steroid dienone is 2. The molecule has 198 valence electrons. The van der Waals surface area contributed by atoms with E-state index in [0.29, 0.717) is 24.9 Å². The summed E-state index contributed by atoms with van der Waals surface area (Å²) in [5.41, 5.74) is 1.82. The van der Waals surface area contributed by atoms with E-state index in [2.05, 4.69) is 6.07 Å². The van der Waals surface area contributed by atoms with Gasteiger partial charge in [0.25, 0.3) is 0 Å². The lowest BCUT2D eigenvalue weighted by molar-refractivity contribution is 0.0205. The van der Waals surface area contributed by atoms with Gasteiger partial charge in [-0.05, 0) is 95.6 Å². The van der Waals surface area contributed by atoms with Crippen LogP contribution in [0.3, 0.4) is 0 Å². The van der Waals surface area contributed by atoms with E-state index in [1.165, 1.54) is 55.4 Å². The van der Waals surface area contributed by atoms with Gasteiger partial charge in [0.05, 0.1) is 0 Å². The molecule has 0 spiro atoms. The molecule has 2 saturated carbocycles. The average Bonchev–Trinajstić information content (AvgIpc) is 3.23. The Morgan fingerprint density at radius 2 is 1.63 bits per heavy atom. The number of carbonyl (C=O) groups is 2. The molecule has 0 radical (unpaired) electrons. The SMILES string of the molecule is CC.CC(C)(C)OC(=O)N1CCC(c2cc(C(=O)/C=C3\CCCCC4CCCCC34)cs2)CC1.F. The second-order valence-electron chi connectivity index (χ2n) is 11.0. The molecular weight excluding hydrogens is 461 g/mol. The third-order valence-corrected chi connectivity index (χ3v) is 8.54. The van der Waals surface area contributed by atoms with E-state index in [1.54, 1.807) is 11.3 Å². The molecule has 0 N–H and O–H groups in total. The number of carbonyl (C=O) groups excluding carboxylic acids is 2. The van der Waals surface area contributed by atoms with Gasteiger partial charge < -0.3 is 9.64 Å². The van der Waals surface area contributed by atoms with Gasteiger partial charge in [0.2, 0.25) is 0 Å². The molecule has 2 atom stereocenters. The molecular formula is C29H46FNO3S. The Labute approximate surface area is 215 Å². The Kier molecular flexibility index (Phi) is 11.5. The molecule has 1 saturated heterocycles. The fourth-order valence-corrected chi connectivity index (χ4v) is 6.83. The summed E-state index contributed by atoms with van der Waals surface area (Å²) < 4.78 is 5.51. The standard InChI is InChI=1S/C27H39NO3S.C2H6.FH/c1-27(2,3)31-26(30)28-14-12-20(13-15-28)25-17-22(18-32-25)24(29)16-21-10-5-4-8-19-9-6-7-11-23(19)21;1-2;/h16-20,23H,4-15H2,1-3H3;1-2H3;1H/b21-16+;;. The lowest BCUT2D eigenvalue weighted by atomic mass is 9.74. The highest BCUT2D eigenvalue weighted by molar-refractivity contribution is 7.10. The van der Waals surface area contributed by atoms with Crippen LogP contribution in [0.4, 0.5) is 9.50 Å². The van der Waals surface area contributed by atoms with Crippen molar-refractivity contribution in [3.63, 3.8) is 0 Å². The van der Waals surface area contributed by atoms with Crippen LogP contribution in [0.25, 0.3) is 0 Å². The molecule has 2 heterocycles. The highest BCUT2D eigenvalue weighted by Gasteiger charge is 2.31. The molecule has 2 aliphatic carbocycles. The zero-order chi connectivity index (χ0) is 24.7. The Morgan fingerprint density at radius 3 is 2.29 bits per heavy atom. The molecule has 1 amide bonds. The number of amides is 1. The number of rotatable bonds is 3. The van der Waals surface area contributed by atoms with Crippen LogP contribution in [0.2, 0.25) is 0 Å². The van der Waals surface area contributed by atoms with E-state index in [0.717, 1.165) is 30.7 Å². The topological polar surface area (TPSA) is 46.6 Å². The minimum Gasteiger partial charge on any atom is -0.444 e. The van der Waals surface area contributed by atoms with Crippen LogP contribution < -0.4 is 0 Å². The lowest BCUT2D eigenvalue weighted by Gasteiger charge is -2.33. The molecule has 1 aromatic heterocycles. The molecule has 6 heteroatoms. The van der Waals surface area contributed by atoms with Gasteiger partial charge in [0, 0.05) is 28.9 Å². The Bertz CT molecular complexity index is 848. The number of likely N-dealkylation sites (tertiary alicyclic amines) is 1. The number of fused-ring (bicyclic) bond motifs is 1. The number of hydrogen-bond acceptors (Lipinski definition) is 4. The number of piperidine rings is 1. The molecule has 1 aromatic rings. The van der Waals surface area contributed by atoms with Gasteiger partial charge in [-0.2, -0.15) is 0 Å². The van der Waals surface area contributed by atoms with Gasteiger partial charge in [0.15, 0.2) is 5.78 Å². The Balaban J connectivity index is 0.00000140. The van der Waals surface area contributed by atoms with Gasteiger partial charge in [-0.15, -0.1) is 11.3 Å². The van der Waals surface area contributed by atoms with Gasteiger partial charge in [0.1, 0.15) is 5.60 Å². The largest absolute Gasteiger partial charge is 0.444 e. The number of hydrogen-bond donors (Lipinski definition) is 0. The van der Waals surface area contributed by atoms with E-state index in [-0.39, 0.29) is 16.6 Å². The van der Waals surface area contributed by atoms with Crippen molar-refractivity contribution >= 4 is 23.2 Å². The number of nitrogens with zero attached hydrogens (tertiary/aromatic N) is 1. The average molecular weight is 508 g/mol. The van der Waals surface area contributed by atoms with Crippen molar-refractivity contribution < 1.29 is 19.0 Å². The first-order chi connectivity index (χ1) is 16.3. The molecule has 35 heavy (non-hydrogen) atoms. The van der Waals surface area contributed by atoms with Crippen molar-refractivity contribution in [3.8, 4) is 0 Å². The van der Waals surface area contributed by atoms with Gasteiger partial charge in [-0.25, -0.2) is 4.79 Å². The van der Waals surface area contributed by atoms with Crippen LogP contribution in [0.5, 0.6) is 0 Å². The highest BCUT2D eigenvalue weighted by atomic mass is 32.1. The lowest BCUT2D eigenvalue weighted by Crippen LogP contribution is -2.41. The summed E-state index contributed by atoms with van der Waals surface area (Å²) in [4.78, 5) is 28.6. The van der Waals surface area contributed by atoms with Crippen LogP contribution in [-0.2, 0) is 4.74 Å². The zero-order valence-electron chi connectivity index (χ0n) is 22.4. The molecule has 1 aliphatic heterocycles. The summed E-state index contributed by atoms with van der Waals surface area (Å²) in [6, 6.07) is 2.12. The Morgan fingerprint density at radius 1 is 1.00 bits per heavy atom. The molecule has 4 rings (SSSR count). The first-order valence-electron chi connectivity index (χ1n) is 13.6. The summed E-state index contributed by atoms with van der Waals surface area (Å²) in [6.45, 7) is 11.1. The van der Waals surface area contributed by atoms with Crippen LogP contribution in [-0.4, -0.2) is 35.5 Å². The number of halogens is 1. The minimum atomic E-state index is -0.458. The van der Waals surface area contributed by atoms with Gasteiger partial charge in [-0.3, -0.25) is 9.50 Å². The van der Waals surface area contributed by atoms with E-state index >= 15 is 0 Å². The third kappa shape index (κ3) is 8.16. The molecule has 3 fully saturated rings. The smallest absolute Gasteiger partial charge is 0.410 e. The summed E-state index contributed by atoms with van der Waals surface area (Å²) >= 11 is 1.71. The van der Waals surface area contributed by atoms with Crippen molar-refractivity contribution in [2.24, 2.45) is 11.8 Å². The van der Waals surface area contributed by atoms with E-state index in [4.69, 9.17) is 4.74 Å². The number of ether oxygens (including phenoxy) is 1. The molecule has 4 nitrogen and oxygen atoms in total. The first-order valence-corrected chi connectivity index (χ1v) is 14.5. The summed E-state index contributed by atoms with van der Waals surface area (Å²) in [5, 5.41) is 2.05. The quantitative estimate of drug-likeness (QED) is 0.304. The number of ketones is 1. The van der Waals surface area contributed by atoms with Crippen LogP contribution >= 0.6 is 11.3 Å². The third-order valence-electron chi connectivity index (χ3n) is 7.45. The van der Waals surface area contributed by atoms with Crippen LogP contribution in [0.15, 0.2) is 23.1 Å². The van der Waals surface area contributed by atoms with Gasteiger partial charge in [-0.1, -0.05) is 38.7 Å². The minimum absolute atomic E-state index is 0. The maximum absolute atomic E-state index is 13.1. The molecule has 2 unspecified atom stereocenters. The maximum Gasteiger partial charge on any atom is 0.410 e. The fourth-order valence-electron chi connectivity index (χ4n) is 5.76. The normalized spacial score (nSPS) is 24.4. The van der Waals surface area contributed by atoms with E-state index in [1.807, 2.05) is 51.0 Å². The monoisotopic (exact) mass is 507 g/mol. The highest BCUT2D eigenvalue weighted by Crippen LogP contribution is 2.42.